The first-order valence-corrected chi connectivity index (χ1v) is 7.33. The molecule has 2 aromatic heterocycles. The van der Waals surface area contributed by atoms with Gasteiger partial charge >= 0.3 is 5.76 Å². The van der Waals surface area contributed by atoms with Crippen molar-refractivity contribution in [2.75, 3.05) is 0 Å². The molecule has 20 heavy (non-hydrogen) atoms. The van der Waals surface area contributed by atoms with Gasteiger partial charge in [-0.2, -0.15) is 0 Å². The van der Waals surface area contributed by atoms with Gasteiger partial charge in [0.1, 0.15) is 0 Å². The maximum Gasteiger partial charge on any atom is 0.442 e. The van der Waals surface area contributed by atoms with E-state index in [0.29, 0.717) is 22.4 Å². The molecule has 0 saturated heterocycles. The number of hydrogen-bond donors (Lipinski definition) is 0. The van der Waals surface area contributed by atoms with Gasteiger partial charge in [-0.15, -0.1) is 11.3 Å². The Hall–Kier alpha value is -1.56. The summed E-state index contributed by atoms with van der Waals surface area (Å²) in [6.45, 7) is 0.326. The van der Waals surface area contributed by atoms with Crippen LogP contribution in [0.1, 0.15) is 5.56 Å². The summed E-state index contributed by atoms with van der Waals surface area (Å²) >= 11 is 13.3. The molecule has 0 bridgehead atoms. The van der Waals surface area contributed by atoms with E-state index in [4.69, 9.17) is 27.7 Å². The lowest BCUT2D eigenvalue weighted by molar-refractivity contribution is 0.378. The predicted octanol–water partition coefficient (Wildman–Crippen LogP) is 3.92. The van der Waals surface area contributed by atoms with Gasteiger partial charge in [-0.05, 0) is 29.1 Å². The minimum Gasteiger partial charge on any atom is -0.295 e. The summed E-state index contributed by atoms with van der Waals surface area (Å²) in [5, 5.41) is 6.66. The topological polar surface area (TPSA) is 48.0 Å². The molecule has 0 aliphatic rings. The minimum absolute atomic E-state index is 0.326. The second kappa shape index (κ2) is 5.44. The van der Waals surface area contributed by atoms with E-state index < -0.39 is 5.76 Å². The second-order valence-corrected chi connectivity index (χ2v) is 5.85. The van der Waals surface area contributed by atoms with Crippen molar-refractivity contribution < 1.29 is 4.52 Å². The van der Waals surface area contributed by atoms with Gasteiger partial charge in [-0.3, -0.25) is 9.09 Å². The van der Waals surface area contributed by atoms with E-state index in [9.17, 15) is 4.79 Å². The molecule has 1 aromatic carbocycles. The molecule has 7 heteroatoms. The lowest BCUT2D eigenvalue weighted by atomic mass is 10.2. The summed E-state index contributed by atoms with van der Waals surface area (Å²) in [6, 6.07) is 9.01. The molecular formula is C13H8Cl2N2O2S. The van der Waals surface area contributed by atoms with Crippen molar-refractivity contribution in [2.45, 2.75) is 6.54 Å². The third kappa shape index (κ3) is 2.52. The van der Waals surface area contributed by atoms with Crippen LogP contribution < -0.4 is 5.76 Å². The molecule has 0 N–H and O–H groups in total. The lowest BCUT2D eigenvalue weighted by Crippen LogP contribution is -2.16. The molecule has 0 radical (unpaired) electrons. The van der Waals surface area contributed by atoms with Gasteiger partial charge in [0, 0.05) is 0 Å². The van der Waals surface area contributed by atoms with Crippen molar-refractivity contribution in [3.05, 3.63) is 61.9 Å². The van der Waals surface area contributed by atoms with Gasteiger partial charge in [0.15, 0.2) is 5.82 Å². The first kappa shape index (κ1) is 13.4. The fourth-order valence-corrected chi connectivity index (χ4v) is 2.85. The van der Waals surface area contributed by atoms with Gasteiger partial charge < -0.3 is 0 Å². The molecule has 3 aromatic rings. The number of nitrogens with zero attached hydrogens (tertiary/aromatic N) is 2. The monoisotopic (exact) mass is 326 g/mol. The van der Waals surface area contributed by atoms with Crippen molar-refractivity contribution in [3.63, 3.8) is 0 Å². The van der Waals surface area contributed by atoms with E-state index in [-0.39, 0.29) is 0 Å². The van der Waals surface area contributed by atoms with Crippen LogP contribution in [0.15, 0.2) is 45.0 Å². The van der Waals surface area contributed by atoms with E-state index in [1.807, 2.05) is 23.6 Å². The average molecular weight is 327 g/mol. The predicted molar refractivity (Wildman–Crippen MR) is 79.6 cm³/mol. The summed E-state index contributed by atoms with van der Waals surface area (Å²) in [5.41, 5.74) is 0.850. The largest absolute Gasteiger partial charge is 0.442 e. The van der Waals surface area contributed by atoms with Crippen LogP contribution in [0.2, 0.25) is 10.0 Å². The van der Waals surface area contributed by atoms with Crippen LogP contribution in [0, 0.1) is 0 Å². The van der Waals surface area contributed by atoms with E-state index in [1.165, 1.54) is 15.9 Å². The van der Waals surface area contributed by atoms with Crippen LogP contribution in [0.4, 0.5) is 0 Å². The first-order chi connectivity index (χ1) is 9.65. The SMILES string of the molecule is O=c1onc(-c2cccs2)n1Cc1ccc(Cl)c(Cl)c1. The first-order valence-electron chi connectivity index (χ1n) is 5.69. The van der Waals surface area contributed by atoms with E-state index >= 15 is 0 Å². The van der Waals surface area contributed by atoms with Crippen molar-refractivity contribution >= 4 is 34.5 Å². The van der Waals surface area contributed by atoms with Crippen molar-refractivity contribution in [1.29, 1.82) is 0 Å². The van der Waals surface area contributed by atoms with E-state index in [1.54, 1.807) is 12.1 Å². The minimum atomic E-state index is -0.500. The van der Waals surface area contributed by atoms with Crippen molar-refractivity contribution in [3.8, 4) is 10.7 Å². The Morgan fingerprint density at radius 3 is 2.80 bits per heavy atom. The zero-order valence-electron chi connectivity index (χ0n) is 10.0. The Labute approximate surface area is 128 Å². The van der Waals surface area contributed by atoms with Crippen LogP contribution in [-0.2, 0) is 6.54 Å². The summed E-state index contributed by atoms with van der Waals surface area (Å²) in [4.78, 5) is 12.6. The fourth-order valence-electron chi connectivity index (χ4n) is 1.81. The molecule has 0 amide bonds. The lowest BCUT2D eigenvalue weighted by Gasteiger charge is -2.05. The van der Waals surface area contributed by atoms with Crippen LogP contribution in [0.5, 0.6) is 0 Å². The van der Waals surface area contributed by atoms with Gasteiger partial charge in [0.05, 0.1) is 21.5 Å². The standard InChI is InChI=1S/C13H8Cl2N2O2S/c14-9-4-3-8(6-10(9)15)7-17-12(16-19-13(17)18)11-2-1-5-20-11/h1-6H,7H2. The Morgan fingerprint density at radius 2 is 2.10 bits per heavy atom. The van der Waals surface area contributed by atoms with Crippen LogP contribution >= 0.6 is 34.5 Å². The summed E-state index contributed by atoms with van der Waals surface area (Å²) in [6.07, 6.45) is 0. The summed E-state index contributed by atoms with van der Waals surface area (Å²) in [5.74, 6) is 0.00976. The maximum absolute atomic E-state index is 11.8. The number of thiophene rings is 1. The number of aromatic nitrogens is 2. The second-order valence-electron chi connectivity index (χ2n) is 4.08. The third-order valence-electron chi connectivity index (χ3n) is 2.75. The molecule has 0 aliphatic carbocycles. The van der Waals surface area contributed by atoms with Gasteiger partial charge in [-0.1, -0.05) is 40.5 Å². The van der Waals surface area contributed by atoms with Crippen molar-refractivity contribution in [1.82, 2.24) is 9.72 Å². The fraction of sp³-hybridized carbons (Fsp3) is 0.0769. The zero-order chi connectivity index (χ0) is 14.1. The molecular weight excluding hydrogens is 319 g/mol. The number of halogens is 2. The number of rotatable bonds is 3. The normalized spacial score (nSPS) is 10.9. The molecule has 3 rings (SSSR count). The number of benzene rings is 1. The summed E-state index contributed by atoms with van der Waals surface area (Å²) < 4.78 is 6.21. The van der Waals surface area contributed by atoms with Crippen LogP contribution in [0.25, 0.3) is 10.7 Å². The van der Waals surface area contributed by atoms with E-state index in [0.717, 1.165) is 10.4 Å². The molecule has 0 spiro atoms. The van der Waals surface area contributed by atoms with Crippen LogP contribution in [0.3, 0.4) is 0 Å². The molecule has 0 saturated carbocycles. The molecule has 4 nitrogen and oxygen atoms in total. The van der Waals surface area contributed by atoms with Gasteiger partial charge in [0.25, 0.3) is 0 Å². The smallest absolute Gasteiger partial charge is 0.295 e. The highest BCUT2D eigenvalue weighted by Gasteiger charge is 2.14. The maximum atomic E-state index is 11.8. The van der Waals surface area contributed by atoms with Gasteiger partial charge in [-0.25, -0.2) is 4.79 Å². The quantitative estimate of drug-likeness (QED) is 0.732. The number of hydrogen-bond acceptors (Lipinski definition) is 4. The highest BCUT2D eigenvalue weighted by Crippen LogP contribution is 2.25. The Kier molecular flexibility index (Phi) is 3.65. The van der Waals surface area contributed by atoms with Gasteiger partial charge in [0.2, 0.25) is 0 Å². The molecule has 102 valence electrons. The highest BCUT2D eigenvalue weighted by atomic mass is 35.5. The molecule has 0 aliphatic heterocycles. The van der Waals surface area contributed by atoms with Crippen molar-refractivity contribution in [2.24, 2.45) is 0 Å². The summed E-state index contributed by atoms with van der Waals surface area (Å²) in [7, 11) is 0. The molecule has 0 unspecified atom stereocenters. The molecule has 0 fully saturated rings. The Balaban J connectivity index is 2.00. The highest BCUT2D eigenvalue weighted by molar-refractivity contribution is 7.13. The molecule has 2 heterocycles. The Morgan fingerprint density at radius 1 is 1.25 bits per heavy atom. The third-order valence-corrected chi connectivity index (χ3v) is 4.36. The zero-order valence-corrected chi connectivity index (χ0v) is 12.4. The average Bonchev–Trinajstić information content (AvgIpc) is 3.05. The Bertz CT molecular complexity index is 793. The van der Waals surface area contributed by atoms with E-state index in [2.05, 4.69) is 5.16 Å². The molecule has 0 atom stereocenters. The van der Waals surface area contributed by atoms with Crippen LogP contribution in [-0.4, -0.2) is 9.72 Å².